The van der Waals surface area contributed by atoms with Gasteiger partial charge in [-0.05, 0) is 31.2 Å². The Bertz CT molecular complexity index is 510. The summed E-state index contributed by atoms with van der Waals surface area (Å²) in [6.07, 6.45) is 0. The minimum Gasteiger partial charge on any atom is -0.376 e. The molecule has 0 saturated carbocycles. The Morgan fingerprint density at radius 1 is 1.38 bits per heavy atom. The highest BCUT2D eigenvalue weighted by Gasteiger charge is 2.01. The zero-order valence-corrected chi connectivity index (χ0v) is 8.77. The topological polar surface area (TPSA) is 74.7 Å². The zero-order valence-electron chi connectivity index (χ0n) is 8.77. The molecular weight excluding hydrogens is 204 g/mol. The number of aryl methyl sites for hydroxylation is 1. The second kappa shape index (κ2) is 4.45. The predicted molar refractivity (Wildman–Crippen MR) is 57.5 cm³/mol. The summed E-state index contributed by atoms with van der Waals surface area (Å²) in [5.41, 5.74) is 1.55. The summed E-state index contributed by atoms with van der Waals surface area (Å²) >= 11 is 0. The Morgan fingerprint density at radius 2 is 2.12 bits per heavy atom. The number of benzene rings is 1. The van der Waals surface area contributed by atoms with E-state index in [4.69, 9.17) is 9.78 Å². The van der Waals surface area contributed by atoms with Crippen LogP contribution in [0, 0.1) is 18.3 Å². The van der Waals surface area contributed by atoms with Crippen molar-refractivity contribution < 1.29 is 4.52 Å². The zero-order chi connectivity index (χ0) is 11.4. The summed E-state index contributed by atoms with van der Waals surface area (Å²) in [6, 6.07) is 9.24. The van der Waals surface area contributed by atoms with Crippen LogP contribution in [0.25, 0.3) is 0 Å². The average Bonchev–Trinajstić information content (AvgIpc) is 2.73. The lowest BCUT2D eigenvalue weighted by Crippen LogP contribution is -1.99. The number of rotatable bonds is 3. The van der Waals surface area contributed by atoms with Crippen molar-refractivity contribution >= 4 is 5.69 Å². The largest absolute Gasteiger partial charge is 0.376 e. The third-order valence-corrected chi connectivity index (χ3v) is 2.03. The fourth-order valence-corrected chi connectivity index (χ4v) is 1.25. The summed E-state index contributed by atoms with van der Waals surface area (Å²) in [6.45, 7) is 2.25. The van der Waals surface area contributed by atoms with Crippen molar-refractivity contribution in [3.05, 3.63) is 41.5 Å². The van der Waals surface area contributed by atoms with Crippen molar-refractivity contribution in [3.8, 4) is 6.07 Å². The van der Waals surface area contributed by atoms with E-state index in [0.29, 0.717) is 23.8 Å². The molecule has 5 heteroatoms. The van der Waals surface area contributed by atoms with Crippen LogP contribution in [-0.4, -0.2) is 10.1 Å². The molecular formula is C11H10N4O. The smallest absolute Gasteiger partial charge is 0.245 e. The molecule has 1 aromatic carbocycles. The van der Waals surface area contributed by atoms with E-state index in [1.807, 2.05) is 12.1 Å². The molecule has 0 radical (unpaired) electrons. The van der Waals surface area contributed by atoms with Gasteiger partial charge >= 0.3 is 0 Å². The van der Waals surface area contributed by atoms with E-state index in [1.165, 1.54) is 0 Å². The molecule has 5 nitrogen and oxygen atoms in total. The van der Waals surface area contributed by atoms with Crippen molar-refractivity contribution in [1.82, 2.24) is 10.1 Å². The van der Waals surface area contributed by atoms with Gasteiger partial charge in [0.1, 0.15) is 0 Å². The maximum Gasteiger partial charge on any atom is 0.245 e. The Labute approximate surface area is 92.7 Å². The van der Waals surface area contributed by atoms with Crippen molar-refractivity contribution in [2.24, 2.45) is 0 Å². The van der Waals surface area contributed by atoms with E-state index >= 15 is 0 Å². The van der Waals surface area contributed by atoms with Crippen molar-refractivity contribution in [3.63, 3.8) is 0 Å². The van der Waals surface area contributed by atoms with Gasteiger partial charge in [-0.1, -0.05) is 5.16 Å². The van der Waals surface area contributed by atoms with Gasteiger partial charge in [-0.3, -0.25) is 0 Å². The maximum atomic E-state index is 8.64. The first kappa shape index (κ1) is 10.2. The summed E-state index contributed by atoms with van der Waals surface area (Å²) in [4.78, 5) is 4.07. The molecule has 1 aromatic heterocycles. The molecule has 1 heterocycles. The molecule has 0 spiro atoms. The molecule has 16 heavy (non-hydrogen) atoms. The molecule has 0 bridgehead atoms. The highest BCUT2D eigenvalue weighted by atomic mass is 16.5. The van der Waals surface area contributed by atoms with E-state index in [1.54, 1.807) is 19.1 Å². The normalized spacial score (nSPS) is 9.75. The minimum absolute atomic E-state index is 0.479. The summed E-state index contributed by atoms with van der Waals surface area (Å²) in [5, 5.41) is 15.4. The van der Waals surface area contributed by atoms with E-state index in [0.717, 1.165) is 5.69 Å². The fourth-order valence-electron chi connectivity index (χ4n) is 1.25. The molecule has 0 aliphatic rings. The highest BCUT2D eigenvalue weighted by molar-refractivity contribution is 5.47. The number of aromatic nitrogens is 2. The first-order chi connectivity index (χ1) is 7.78. The van der Waals surface area contributed by atoms with Gasteiger partial charge in [0.25, 0.3) is 0 Å². The van der Waals surface area contributed by atoms with Gasteiger partial charge in [0.2, 0.25) is 5.89 Å². The molecule has 0 aliphatic carbocycles. The van der Waals surface area contributed by atoms with E-state index in [-0.39, 0.29) is 0 Å². The number of nitrogens with one attached hydrogen (secondary N) is 1. The molecule has 1 N–H and O–H groups in total. The molecule has 2 aromatic rings. The van der Waals surface area contributed by atoms with Crippen LogP contribution in [0.4, 0.5) is 5.69 Å². The number of nitrogens with zero attached hydrogens (tertiary/aromatic N) is 3. The molecule has 0 saturated heterocycles. The summed E-state index contributed by atoms with van der Waals surface area (Å²) < 4.78 is 4.95. The standard InChI is InChI=1S/C11H10N4O/c1-8-14-11(16-15-8)7-13-10-4-2-9(6-12)3-5-10/h2-5,13H,7H2,1H3. The van der Waals surface area contributed by atoms with Crippen LogP contribution in [0.1, 0.15) is 17.3 Å². The molecule has 2 rings (SSSR count). The lowest BCUT2D eigenvalue weighted by molar-refractivity contribution is 0.379. The van der Waals surface area contributed by atoms with Gasteiger partial charge in [-0.2, -0.15) is 10.2 Å². The lowest BCUT2D eigenvalue weighted by Gasteiger charge is -2.02. The summed E-state index contributed by atoms with van der Waals surface area (Å²) in [5.74, 6) is 1.17. The Balaban J connectivity index is 1.97. The van der Waals surface area contributed by atoms with Gasteiger partial charge in [0, 0.05) is 5.69 Å². The number of anilines is 1. The number of hydrogen-bond acceptors (Lipinski definition) is 5. The quantitative estimate of drug-likeness (QED) is 0.844. The van der Waals surface area contributed by atoms with E-state index < -0.39 is 0 Å². The summed E-state index contributed by atoms with van der Waals surface area (Å²) in [7, 11) is 0. The van der Waals surface area contributed by atoms with Gasteiger partial charge in [-0.25, -0.2) is 0 Å². The number of nitriles is 1. The molecule has 0 unspecified atom stereocenters. The third-order valence-electron chi connectivity index (χ3n) is 2.03. The SMILES string of the molecule is Cc1noc(CNc2ccc(C#N)cc2)n1. The molecule has 80 valence electrons. The van der Waals surface area contributed by atoms with Crippen LogP contribution < -0.4 is 5.32 Å². The van der Waals surface area contributed by atoms with Gasteiger partial charge in [0.15, 0.2) is 5.82 Å². The Hall–Kier alpha value is -2.35. The second-order valence-corrected chi connectivity index (χ2v) is 3.28. The monoisotopic (exact) mass is 214 g/mol. The van der Waals surface area contributed by atoms with E-state index in [2.05, 4.69) is 21.5 Å². The van der Waals surface area contributed by atoms with Crippen LogP contribution in [0.5, 0.6) is 0 Å². The van der Waals surface area contributed by atoms with Crippen molar-refractivity contribution in [2.45, 2.75) is 13.5 Å². The van der Waals surface area contributed by atoms with Crippen LogP contribution >= 0.6 is 0 Å². The number of hydrogen-bond donors (Lipinski definition) is 1. The average molecular weight is 214 g/mol. The first-order valence-electron chi connectivity index (χ1n) is 4.81. The molecule has 0 amide bonds. The minimum atomic E-state index is 0.479. The van der Waals surface area contributed by atoms with Crippen molar-refractivity contribution in [2.75, 3.05) is 5.32 Å². The lowest BCUT2D eigenvalue weighted by atomic mass is 10.2. The Kier molecular flexibility index (Phi) is 2.83. The second-order valence-electron chi connectivity index (χ2n) is 3.28. The van der Waals surface area contributed by atoms with Crippen LogP contribution in [-0.2, 0) is 6.54 Å². The molecule has 0 aliphatic heterocycles. The first-order valence-corrected chi connectivity index (χ1v) is 4.81. The van der Waals surface area contributed by atoms with E-state index in [9.17, 15) is 0 Å². The maximum absolute atomic E-state index is 8.64. The van der Waals surface area contributed by atoms with Crippen LogP contribution in [0.3, 0.4) is 0 Å². The van der Waals surface area contributed by atoms with Crippen molar-refractivity contribution in [1.29, 1.82) is 5.26 Å². The highest BCUT2D eigenvalue weighted by Crippen LogP contribution is 2.09. The van der Waals surface area contributed by atoms with Crippen LogP contribution in [0.15, 0.2) is 28.8 Å². The van der Waals surface area contributed by atoms with Gasteiger partial charge < -0.3 is 9.84 Å². The molecule has 0 fully saturated rings. The van der Waals surface area contributed by atoms with Gasteiger partial charge in [-0.15, -0.1) is 0 Å². The predicted octanol–water partition coefficient (Wildman–Crippen LogP) is 1.86. The fraction of sp³-hybridized carbons (Fsp3) is 0.182. The third kappa shape index (κ3) is 2.36. The van der Waals surface area contributed by atoms with Gasteiger partial charge in [0.05, 0.1) is 18.2 Å². The Morgan fingerprint density at radius 3 is 2.69 bits per heavy atom. The van der Waals surface area contributed by atoms with Crippen LogP contribution in [0.2, 0.25) is 0 Å². The molecule has 0 atom stereocenters.